The number of nitrogens with zero attached hydrogens (tertiary/aromatic N) is 6. The fraction of sp³-hybridized carbons (Fsp3) is 0.647. The van der Waals surface area contributed by atoms with Gasteiger partial charge in [0.2, 0.25) is 23.6 Å². The van der Waals surface area contributed by atoms with Crippen molar-refractivity contribution in [3.05, 3.63) is 12.7 Å². The second-order valence-corrected chi connectivity index (χ2v) is 13.8. The molecule has 2 aromatic rings. The van der Waals surface area contributed by atoms with Crippen LogP contribution in [0.1, 0.15) is 83.3 Å². The quantitative estimate of drug-likeness (QED) is 0.0244. The number of nitrogen functional groups attached to an aromatic ring is 1. The summed E-state index contributed by atoms with van der Waals surface area (Å²) in [6.07, 6.45) is 2.42. The highest BCUT2D eigenvalue weighted by atomic mass is 16.6. The number of rotatable bonds is 26. The molecule has 0 saturated carbocycles. The Morgan fingerprint density at radius 3 is 1.97 bits per heavy atom. The molecule has 58 heavy (non-hydrogen) atoms. The van der Waals surface area contributed by atoms with E-state index in [1.807, 2.05) is 0 Å². The first-order chi connectivity index (χ1) is 27.7. The molecule has 0 aromatic carbocycles. The largest absolute Gasteiger partial charge is 0.387 e. The lowest BCUT2D eigenvalue weighted by Crippen LogP contribution is -2.53. The van der Waals surface area contributed by atoms with Gasteiger partial charge in [0, 0.05) is 39.0 Å². The van der Waals surface area contributed by atoms with Crippen molar-refractivity contribution in [3.8, 4) is 0 Å². The van der Waals surface area contributed by atoms with Gasteiger partial charge in [-0.1, -0.05) is 12.8 Å². The maximum Gasteiger partial charge on any atom is 0.252 e. The lowest BCUT2D eigenvalue weighted by molar-refractivity contribution is -0.137. The molecule has 1 fully saturated rings. The number of primary amides is 1. The molecule has 1 saturated heterocycles. The molecule has 18 N–H and O–H groups in total. The number of hydrogen-bond donors (Lipinski definition) is 12. The van der Waals surface area contributed by atoms with E-state index < -0.39 is 54.3 Å². The van der Waals surface area contributed by atoms with Crippen molar-refractivity contribution in [2.75, 3.05) is 31.9 Å². The summed E-state index contributed by atoms with van der Waals surface area (Å²) < 4.78 is 7.08. The van der Waals surface area contributed by atoms with Crippen molar-refractivity contribution >= 4 is 58.4 Å². The van der Waals surface area contributed by atoms with Crippen molar-refractivity contribution in [1.29, 1.82) is 0 Å². The Hall–Kier alpha value is -5.88. The molecule has 2 aromatic heterocycles. The molecule has 1 aliphatic heterocycles. The molecular weight excluding hydrogens is 760 g/mol. The number of guanidine groups is 2. The number of unbranched alkanes of at least 4 members (excludes halogenated alkanes) is 4. The normalized spacial score (nSPS) is 18.4. The van der Waals surface area contributed by atoms with Gasteiger partial charge in [0.1, 0.15) is 36.1 Å². The van der Waals surface area contributed by atoms with Gasteiger partial charge in [0.25, 0.3) is 5.91 Å². The molecule has 6 atom stereocenters. The predicted molar refractivity (Wildman–Crippen MR) is 211 cm³/mol. The van der Waals surface area contributed by atoms with Crippen molar-refractivity contribution in [2.45, 2.75) is 114 Å². The third-order valence-corrected chi connectivity index (χ3v) is 9.14. The summed E-state index contributed by atoms with van der Waals surface area (Å²) in [5.41, 5.74) is 33.2. The van der Waals surface area contributed by atoms with Crippen LogP contribution in [0.15, 0.2) is 22.6 Å². The molecule has 0 radical (unpaired) electrons. The maximum atomic E-state index is 13.1. The van der Waals surface area contributed by atoms with Crippen LogP contribution in [0, 0.1) is 0 Å². The Balaban J connectivity index is 1.28. The number of nitrogens with two attached hydrogens (primary N) is 6. The maximum absolute atomic E-state index is 13.1. The molecular formula is C34H58N16O8. The first-order valence-corrected chi connectivity index (χ1v) is 19.2. The molecule has 3 heterocycles. The van der Waals surface area contributed by atoms with Crippen molar-refractivity contribution < 1.29 is 38.9 Å². The molecule has 0 unspecified atom stereocenters. The number of amides is 5. The first kappa shape index (κ1) is 46.5. The SMILES string of the molecule is NC(=O)[C@@H](CCCN=C(N)N)NC(=O)[C@@H](CCCN=C(N)N)NC(=O)CCCCCNC(=O)CCCCCNC(=O)[C@H]1O[C@@H](n2cnc3c(N)ncnc32)[C@H](O)[C@@H]1O. The van der Waals surface area contributed by atoms with E-state index in [9.17, 15) is 34.2 Å². The van der Waals surface area contributed by atoms with Gasteiger partial charge in [-0.05, 0) is 51.4 Å². The van der Waals surface area contributed by atoms with E-state index in [-0.39, 0.29) is 74.1 Å². The van der Waals surface area contributed by atoms with Crippen LogP contribution >= 0.6 is 0 Å². The number of nitrogens with one attached hydrogen (secondary N) is 4. The van der Waals surface area contributed by atoms with E-state index in [0.717, 1.165) is 0 Å². The number of aromatic nitrogens is 4. The van der Waals surface area contributed by atoms with Gasteiger partial charge in [-0.2, -0.15) is 0 Å². The number of imidazole rings is 1. The number of fused-ring (bicyclic) bond motifs is 1. The number of aliphatic hydroxyl groups is 2. The van der Waals surface area contributed by atoms with Crippen LogP contribution in [0.2, 0.25) is 0 Å². The molecule has 0 aliphatic carbocycles. The van der Waals surface area contributed by atoms with Crippen LogP contribution in [0.3, 0.4) is 0 Å². The molecule has 322 valence electrons. The molecule has 0 spiro atoms. The number of carbonyl (C=O) groups excluding carboxylic acids is 5. The Kier molecular flexibility index (Phi) is 19.3. The van der Waals surface area contributed by atoms with Gasteiger partial charge < -0.3 is 70.6 Å². The Bertz CT molecular complexity index is 1730. The summed E-state index contributed by atoms with van der Waals surface area (Å²) in [7, 11) is 0. The topological polar surface area (TPSA) is 408 Å². The highest BCUT2D eigenvalue weighted by Gasteiger charge is 2.47. The van der Waals surface area contributed by atoms with E-state index >= 15 is 0 Å². The van der Waals surface area contributed by atoms with E-state index in [0.29, 0.717) is 69.8 Å². The van der Waals surface area contributed by atoms with Crippen LogP contribution < -0.4 is 55.7 Å². The summed E-state index contributed by atoms with van der Waals surface area (Å²) in [6, 6.07) is -1.95. The molecule has 3 rings (SSSR count). The van der Waals surface area contributed by atoms with Crippen LogP contribution in [-0.2, 0) is 28.7 Å². The molecule has 24 heteroatoms. The standard InChI is InChI=1S/C34H58N16O8/c35-27-23-29(46-17-45-27)50(18-47-23)32-25(54)24(53)26(58-32)31(57)42-14-6-1-3-11-21(51)41-13-5-2-4-12-22(52)48-20(10-8-16-44-34(39)40)30(56)49-19(28(36)55)9-7-15-43-33(37)38/h17-20,24-26,32,53-54H,1-16H2,(H2,36,55)(H,41,51)(H,42,57)(H,48,52)(H,49,56)(H2,35,45,46)(H4,37,38,43)(H4,39,40,44)/t19-,20-,24+,25-,26+,32-/m1/s1. The number of carbonyl (C=O) groups is 5. The number of aliphatic hydroxyl groups excluding tert-OH is 2. The summed E-state index contributed by atoms with van der Waals surface area (Å²) in [5, 5.41) is 32.0. The second kappa shape index (κ2) is 24.0. The monoisotopic (exact) mass is 818 g/mol. The summed E-state index contributed by atoms with van der Waals surface area (Å²) >= 11 is 0. The minimum Gasteiger partial charge on any atom is -0.387 e. The number of ether oxygens (including phenoxy) is 1. The summed E-state index contributed by atoms with van der Waals surface area (Å²) in [4.78, 5) is 82.7. The molecule has 24 nitrogen and oxygen atoms in total. The Morgan fingerprint density at radius 1 is 0.741 bits per heavy atom. The second-order valence-electron chi connectivity index (χ2n) is 13.8. The summed E-state index contributed by atoms with van der Waals surface area (Å²) in [6.45, 7) is 1.18. The van der Waals surface area contributed by atoms with E-state index in [2.05, 4.69) is 46.2 Å². The average Bonchev–Trinajstić information content (AvgIpc) is 3.73. The average molecular weight is 819 g/mol. The van der Waals surface area contributed by atoms with Gasteiger partial charge in [-0.15, -0.1) is 0 Å². The molecule has 5 amide bonds. The van der Waals surface area contributed by atoms with Gasteiger partial charge in [0.15, 0.2) is 35.7 Å². The minimum atomic E-state index is -1.49. The Morgan fingerprint density at radius 2 is 1.34 bits per heavy atom. The van der Waals surface area contributed by atoms with Crippen LogP contribution in [-0.4, -0.2) is 128 Å². The third-order valence-electron chi connectivity index (χ3n) is 9.14. The number of aliphatic imine (C=N–C) groups is 2. The smallest absolute Gasteiger partial charge is 0.252 e. The third kappa shape index (κ3) is 15.2. The zero-order chi connectivity index (χ0) is 42.6. The lowest BCUT2D eigenvalue weighted by Gasteiger charge is -2.22. The molecule has 0 bridgehead atoms. The fourth-order valence-electron chi connectivity index (χ4n) is 6.07. The van der Waals surface area contributed by atoms with Gasteiger partial charge >= 0.3 is 0 Å². The molecule has 1 aliphatic rings. The zero-order valence-electron chi connectivity index (χ0n) is 32.4. The predicted octanol–water partition coefficient (Wildman–Crippen LogP) is -4.06. The van der Waals surface area contributed by atoms with Crippen LogP contribution in [0.4, 0.5) is 5.82 Å². The van der Waals surface area contributed by atoms with Crippen molar-refractivity contribution in [2.24, 2.45) is 38.7 Å². The van der Waals surface area contributed by atoms with Gasteiger partial charge in [0.05, 0.1) is 6.33 Å². The van der Waals surface area contributed by atoms with E-state index in [1.165, 1.54) is 17.2 Å². The van der Waals surface area contributed by atoms with Gasteiger partial charge in [-0.3, -0.25) is 38.5 Å². The fourth-order valence-corrected chi connectivity index (χ4v) is 6.07. The first-order valence-electron chi connectivity index (χ1n) is 19.2. The highest BCUT2D eigenvalue weighted by Crippen LogP contribution is 2.32. The zero-order valence-corrected chi connectivity index (χ0v) is 32.4. The lowest BCUT2D eigenvalue weighted by atomic mass is 10.1. The van der Waals surface area contributed by atoms with E-state index in [4.69, 9.17) is 39.1 Å². The van der Waals surface area contributed by atoms with Crippen LogP contribution in [0.25, 0.3) is 11.2 Å². The number of anilines is 1. The number of hydrogen-bond acceptors (Lipinski definition) is 14. The Labute approximate surface area is 334 Å². The highest BCUT2D eigenvalue weighted by molar-refractivity contribution is 5.91. The van der Waals surface area contributed by atoms with E-state index in [1.54, 1.807) is 0 Å². The summed E-state index contributed by atoms with van der Waals surface area (Å²) in [5.74, 6) is -2.44. The van der Waals surface area contributed by atoms with Crippen molar-refractivity contribution in [3.63, 3.8) is 0 Å². The van der Waals surface area contributed by atoms with Crippen LogP contribution in [0.5, 0.6) is 0 Å². The minimum absolute atomic E-state index is 0.0961. The van der Waals surface area contributed by atoms with Gasteiger partial charge in [-0.25, -0.2) is 15.0 Å². The van der Waals surface area contributed by atoms with Crippen molar-refractivity contribution in [1.82, 2.24) is 40.8 Å².